The average molecular weight is 324 g/mol. The molecule has 21 heavy (non-hydrogen) atoms. The van der Waals surface area contributed by atoms with Gasteiger partial charge in [0.1, 0.15) is 0 Å². The van der Waals surface area contributed by atoms with Crippen molar-refractivity contribution in [3.05, 3.63) is 64.2 Å². The van der Waals surface area contributed by atoms with Gasteiger partial charge in [-0.1, -0.05) is 35.9 Å². The Morgan fingerprint density at radius 2 is 1.71 bits per heavy atom. The van der Waals surface area contributed by atoms with Gasteiger partial charge in [-0.3, -0.25) is 0 Å². The van der Waals surface area contributed by atoms with Crippen LogP contribution >= 0.6 is 11.6 Å². The maximum absolute atomic E-state index is 12.7. The molecule has 0 saturated carbocycles. The molecule has 2 aromatic carbocycles. The molecule has 0 bridgehead atoms. The molecule has 3 rings (SSSR count). The van der Waals surface area contributed by atoms with E-state index in [2.05, 4.69) is 0 Å². The minimum Gasteiger partial charge on any atom is -0.392 e. The van der Waals surface area contributed by atoms with Crippen molar-refractivity contribution in [1.29, 1.82) is 0 Å². The second-order valence-electron chi connectivity index (χ2n) is 4.95. The van der Waals surface area contributed by atoms with Crippen LogP contribution in [0.25, 0.3) is 0 Å². The number of benzene rings is 2. The first-order chi connectivity index (χ1) is 10.0. The standard InChI is InChI=1S/C15H14ClNO3S/c16-15-6-5-14(7-13(15)10-18)21(19,20)17-8-11-3-1-2-4-12(11)9-17/h1-7,18H,8-10H2. The van der Waals surface area contributed by atoms with Crippen LogP contribution in [0, 0.1) is 0 Å². The Kier molecular flexibility index (Phi) is 3.75. The lowest BCUT2D eigenvalue weighted by molar-refractivity contribution is 0.281. The third kappa shape index (κ3) is 2.58. The predicted molar refractivity (Wildman–Crippen MR) is 80.2 cm³/mol. The highest BCUT2D eigenvalue weighted by molar-refractivity contribution is 7.89. The molecule has 0 atom stereocenters. The van der Waals surface area contributed by atoms with Gasteiger partial charge in [0.05, 0.1) is 11.5 Å². The minimum absolute atomic E-state index is 0.156. The van der Waals surface area contributed by atoms with Gasteiger partial charge in [-0.2, -0.15) is 4.31 Å². The van der Waals surface area contributed by atoms with Crippen molar-refractivity contribution in [2.75, 3.05) is 0 Å². The van der Waals surface area contributed by atoms with Gasteiger partial charge in [-0.15, -0.1) is 0 Å². The van der Waals surface area contributed by atoms with Crippen LogP contribution in [0.2, 0.25) is 5.02 Å². The zero-order valence-corrected chi connectivity index (χ0v) is 12.7. The largest absolute Gasteiger partial charge is 0.392 e. The number of hydrogen-bond acceptors (Lipinski definition) is 3. The summed E-state index contributed by atoms with van der Waals surface area (Å²) in [6, 6.07) is 12.1. The Morgan fingerprint density at radius 3 is 2.29 bits per heavy atom. The summed E-state index contributed by atoms with van der Waals surface area (Å²) in [5.74, 6) is 0. The lowest BCUT2D eigenvalue weighted by Gasteiger charge is -2.16. The summed E-state index contributed by atoms with van der Waals surface area (Å²) < 4.78 is 26.8. The van der Waals surface area contributed by atoms with Crippen molar-refractivity contribution < 1.29 is 13.5 Å². The van der Waals surface area contributed by atoms with Crippen molar-refractivity contribution in [3.63, 3.8) is 0 Å². The summed E-state index contributed by atoms with van der Waals surface area (Å²) in [5.41, 5.74) is 2.46. The van der Waals surface area contributed by atoms with E-state index < -0.39 is 10.0 Å². The van der Waals surface area contributed by atoms with Gasteiger partial charge in [0.25, 0.3) is 0 Å². The molecule has 0 radical (unpaired) electrons. The molecule has 110 valence electrons. The maximum Gasteiger partial charge on any atom is 0.243 e. The van der Waals surface area contributed by atoms with E-state index in [0.717, 1.165) is 11.1 Å². The summed E-state index contributed by atoms with van der Waals surface area (Å²) in [4.78, 5) is 0.156. The van der Waals surface area contributed by atoms with Crippen LogP contribution in [-0.4, -0.2) is 17.8 Å². The zero-order chi connectivity index (χ0) is 15.0. The first-order valence-electron chi connectivity index (χ1n) is 6.48. The number of rotatable bonds is 3. The van der Waals surface area contributed by atoms with E-state index in [-0.39, 0.29) is 11.5 Å². The van der Waals surface area contributed by atoms with Gasteiger partial charge in [0.15, 0.2) is 0 Å². The highest BCUT2D eigenvalue weighted by Gasteiger charge is 2.30. The van der Waals surface area contributed by atoms with E-state index in [9.17, 15) is 13.5 Å². The number of nitrogens with zero attached hydrogens (tertiary/aromatic N) is 1. The molecule has 0 unspecified atom stereocenters. The van der Waals surface area contributed by atoms with Crippen molar-refractivity contribution in [3.8, 4) is 0 Å². The summed E-state index contributed by atoms with van der Waals surface area (Å²) in [7, 11) is -3.59. The lowest BCUT2D eigenvalue weighted by Crippen LogP contribution is -2.25. The quantitative estimate of drug-likeness (QED) is 0.944. The van der Waals surface area contributed by atoms with Crippen molar-refractivity contribution in [2.24, 2.45) is 0 Å². The van der Waals surface area contributed by atoms with Crippen LogP contribution in [0.15, 0.2) is 47.4 Å². The van der Waals surface area contributed by atoms with Crippen LogP contribution in [-0.2, 0) is 29.7 Å². The maximum atomic E-state index is 12.7. The Balaban J connectivity index is 1.96. The molecule has 4 nitrogen and oxygen atoms in total. The highest BCUT2D eigenvalue weighted by Crippen LogP contribution is 2.30. The Labute approximate surface area is 128 Å². The first kappa shape index (κ1) is 14.5. The SMILES string of the molecule is O=S(=O)(c1ccc(Cl)c(CO)c1)N1Cc2ccccc2C1. The van der Waals surface area contributed by atoms with E-state index in [0.29, 0.717) is 23.7 Å². The molecule has 0 aromatic heterocycles. The van der Waals surface area contributed by atoms with Crippen LogP contribution in [0.1, 0.15) is 16.7 Å². The van der Waals surface area contributed by atoms with E-state index in [1.165, 1.54) is 22.5 Å². The molecule has 0 spiro atoms. The van der Waals surface area contributed by atoms with E-state index in [1.54, 1.807) is 0 Å². The third-order valence-electron chi connectivity index (χ3n) is 3.64. The average Bonchev–Trinajstić information content (AvgIpc) is 2.92. The number of aliphatic hydroxyl groups is 1. The van der Waals surface area contributed by atoms with E-state index >= 15 is 0 Å². The smallest absolute Gasteiger partial charge is 0.243 e. The van der Waals surface area contributed by atoms with E-state index in [4.69, 9.17) is 11.6 Å². The third-order valence-corrected chi connectivity index (χ3v) is 5.79. The fourth-order valence-electron chi connectivity index (χ4n) is 2.45. The van der Waals surface area contributed by atoms with Crippen molar-refractivity contribution >= 4 is 21.6 Å². The number of hydrogen-bond donors (Lipinski definition) is 1. The molecule has 1 aliphatic heterocycles. The fourth-order valence-corrected chi connectivity index (χ4v) is 4.08. The van der Waals surface area contributed by atoms with Gasteiger partial charge >= 0.3 is 0 Å². The van der Waals surface area contributed by atoms with E-state index in [1.807, 2.05) is 24.3 Å². The zero-order valence-electron chi connectivity index (χ0n) is 11.2. The van der Waals surface area contributed by atoms with Gasteiger partial charge in [-0.05, 0) is 34.9 Å². The van der Waals surface area contributed by atoms with Crippen LogP contribution in [0.3, 0.4) is 0 Å². The predicted octanol–water partition coefficient (Wildman–Crippen LogP) is 2.54. The number of fused-ring (bicyclic) bond motifs is 1. The van der Waals surface area contributed by atoms with Gasteiger partial charge < -0.3 is 5.11 Å². The topological polar surface area (TPSA) is 57.6 Å². The number of aliphatic hydroxyl groups excluding tert-OH is 1. The highest BCUT2D eigenvalue weighted by atomic mass is 35.5. The summed E-state index contributed by atoms with van der Waals surface area (Å²) in [6.45, 7) is 0.452. The Morgan fingerprint density at radius 1 is 1.10 bits per heavy atom. The van der Waals surface area contributed by atoms with Gasteiger partial charge in [0.2, 0.25) is 10.0 Å². The Bertz CT molecular complexity index is 764. The molecule has 6 heteroatoms. The molecule has 1 heterocycles. The number of sulfonamides is 1. The summed E-state index contributed by atoms with van der Waals surface area (Å²) in [6.07, 6.45) is 0. The van der Waals surface area contributed by atoms with Crippen LogP contribution in [0.4, 0.5) is 0 Å². The monoisotopic (exact) mass is 323 g/mol. The van der Waals surface area contributed by atoms with Crippen molar-refractivity contribution in [1.82, 2.24) is 4.31 Å². The molecule has 0 aliphatic carbocycles. The molecular formula is C15H14ClNO3S. The fraction of sp³-hybridized carbons (Fsp3) is 0.200. The Hall–Kier alpha value is -1.40. The molecule has 0 amide bonds. The normalized spacial score (nSPS) is 15.1. The summed E-state index contributed by atoms with van der Waals surface area (Å²) >= 11 is 5.91. The molecular weight excluding hydrogens is 310 g/mol. The molecule has 2 aromatic rings. The molecule has 0 fully saturated rings. The molecule has 1 aliphatic rings. The van der Waals surface area contributed by atoms with Gasteiger partial charge in [-0.25, -0.2) is 8.42 Å². The summed E-state index contributed by atoms with van der Waals surface area (Å²) in [5, 5.41) is 9.59. The van der Waals surface area contributed by atoms with Crippen LogP contribution in [0.5, 0.6) is 0 Å². The molecule has 0 saturated heterocycles. The second kappa shape index (κ2) is 5.42. The number of halogens is 1. The van der Waals surface area contributed by atoms with Crippen LogP contribution < -0.4 is 0 Å². The first-order valence-corrected chi connectivity index (χ1v) is 8.30. The molecule has 1 N–H and O–H groups in total. The minimum atomic E-state index is -3.59. The second-order valence-corrected chi connectivity index (χ2v) is 7.30. The van der Waals surface area contributed by atoms with Crippen molar-refractivity contribution in [2.45, 2.75) is 24.6 Å². The lowest BCUT2D eigenvalue weighted by atomic mass is 10.1. The van der Waals surface area contributed by atoms with Gasteiger partial charge in [0, 0.05) is 18.1 Å².